The molecule has 0 N–H and O–H groups in total. The normalized spacial score (nSPS) is 12.1. The molecule has 0 fully saturated rings. The highest BCUT2D eigenvalue weighted by atomic mass is 32.2. The molecule has 2 heterocycles. The molecule has 0 bridgehead atoms. The highest BCUT2D eigenvalue weighted by molar-refractivity contribution is 7.99. The van der Waals surface area contributed by atoms with Gasteiger partial charge in [-0.05, 0) is 25.5 Å². The summed E-state index contributed by atoms with van der Waals surface area (Å²) in [6.07, 6.45) is 3.40. The van der Waals surface area contributed by atoms with E-state index in [9.17, 15) is 10.1 Å². The number of rotatable bonds is 7. The Balaban J connectivity index is 1.91. The van der Waals surface area contributed by atoms with Crippen LogP contribution in [0.3, 0.4) is 0 Å². The van der Waals surface area contributed by atoms with Gasteiger partial charge >= 0.3 is 0 Å². The number of nitro groups is 1. The smallest absolute Gasteiger partial charge is 0.269 e. The molecule has 134 valence electrons. The number of nitrogens with zero attached hydrogens (tertiary/aromatic N) is 4. The number of benzene rings is 1. The molecule has 7 nitrogen and oxygen atoms in total. The highest BCUT2D eigenvalue weighted by Gasteiger charge is 2.20. The van der Waals surface area contributed by atoms with Crippen LogP contribution in [0.2, 0.25) is 0 Å². The van der Waals surface area contributed by atoms with Crippen molar-refractivity contribution < 1.29 is 9.34 Å². The standard InChI is InChI=1S/C18H18N4O3S/c1-4-9-21-17(16-8-10-25-12(16)2)19-20-18(21)26-13(3)14-6-5-7-15(11-14)22(23)24/h4-8,10-11,13H,1,9H2,2-3H3/t13-/m0/s1. The summed E-state index contributed by atoms with van der Waals surface area (Å²) in [4.78, 5) is 10.6. The van der Waals surface area contributed by atoms with Gasteiger partial charge in [0.25, 0.3) is 5.69 Å². The van der Waals surface area contributed by atoms with Crippen LogP contribution >= 0.6 is 11.8 Å². The molecule has 26 heavy (non-hydrogen) atoms. The van der Waals surface area contributed by atoms with Gasteiger partial charge in [-0.3, -0.25) is 14.7 Å². The fourth-order valence-corrected chi connectivity index (χ4v) is 3.58. The predicted molar refractivity (Wildman–Crippen MR) is 100 cm³/mol. The first kappa shape index (κ1) is 17.9. The van der Waals surface area contributed by atoms with Crippen LogP contribution in [0, 0.1) is 17.0 Å². The molecule has 2 aromatic heterocycles. The second-order valence-corrected chi connectivity index (χ2v) is 7.02. The lowest BCUT2D eigenvalue weighted by Crippen LogP contribution is -2.02. The zero-order valence-corrected chi connectivity index (χ0v) is 15.3. The maximum atomic E-state index is 11.0. The molecule has 0 radical (unpaired) electrons. The first-order valence-electron chi connectivity index (χ1n) is 8.00. The topological polar surface area (TPSA) is 87.0 Å². The number of hydrogen-bond donors (Lipinski definition) is 0. The third-order valence-corrected chi connectivity index (χ3v) is 5.10. The molecule has 0 aliphatic carbocycles. The zero-order chi connectivity index (χ0) is 18.7. The average molecular weight is 370 g/mol. The molecular weight excluding hydrogens is 352 g/mol. The first-order valence-corrected chi connectivity index (χ1v) is 8.88. The van der Waals surface area contributed by atoms with E-state index in [0.29, 0.717) is 12.4 Å². The van der Waals surface area contributed by atoms with E-state index in [4.69, 9.17) is 4.42 Å². The summed E-state index contributed by atoms with van der Waals surface area (Å²) in [7, 11) is 0. The number of aromatic nitrogens is 3. The maximum Gasteiger partial charge on any atom is 0.269 e. The first-order chi connectivity index (χ1) is 12.5. The Morgan fingerprint density at radius 2 is 2.23 bits per heavy atom. The third-order valence-electron chi connectivity index (χ3n) is 3.96. The van der Waals surface area contributed by atoms with E-state index < -0.39 is 0 Å². The molecular formula is C18H18N4O3S. The van der Waals surface area contributed by atoms with Crippen LogP contribution in [0.5, 0.6) is 0 Å². The average Bonchev–Trinajstić information content (AvgIpc) is 3.21. The van der Waals surface area contributed by atoms with Crippen molar-refractivity contribution in [3.63, 3.8) is 0 Å². The van der Waals surface area contributed by atoms with Crippen LogP contribution in [0.25, 0.3) is 11.4 Å². The zero-order valence-electron chi connectivity index (χ0n) is 14.5. The fraction of sp³-hybridized carbons (Fsp3) is 0.222. The number of allylic oxidation sites excluding steroid dienone is 1. The lowest BCUT2D eigenvalue weighted by atomic mass is 10.1. The minimum Gasteiger partial charge on any atom is -0.469 e. The van der Waals surface area contributed by atoms with Crippen molar-refractivity contribution >= 4 is 17.4 Å². The van der Waals surface area contributed by atoms with Gasteiger partial charge in [0.05, 0.1) is 16.7 Å². The van der Waals surface area contributed by atoms with Gasteiger partial charge in [-0.2, -0.15) is 0 Å². The number of aryl methyl sites for hydroxylation is 1. The molecule has 0 unspecified atom stereocenters. The summed E-state index contributed by atoms with van der Waals surface area (Å²) in [5.41, 5.74) is 1.82. The van der Waals surface area contributed by atoms with E-state index >= 15 is 0 Å². The van der Waals surface area contributed by atoms with Crippen LogP contribution in [-0.2, 0) is 6.54 Å². The van der Waals surface area contributed by atoms with Crippen LogP contribution in [-0.4, -0.2) is 19.7 Å². The minimum atomic E-state index is -0.388. The summed E-state index contributed by atoms with van der Waals surface area (Å²) in [6, 6.07) is 8.50. The van der Waals surface area contributed by atoms with Crippen molar-refractivity contribution in [3.05, 3.63) is 70.7 Å². The summed E-state index contributed by atoms with van der Waals surface area (Å²) < 4.78 is 7.33. The third kappa shape index (κ3) is 3.55. The number of furan rings is 1. The lowest BCUT2D eigenvalue weighted by molar-refractivity contribution is -0.384. The molecule has 0 saturated carbocycles. The van der Waals surface area contributed by atoms with Crippen LogP contribution < -0.4 is 0 Å². The van der Waals surface area contributed by atoms with Gasteiger partial charge < -0.3 is 4.42 Å². The second kappa shape index (κ2) is 7.57. The van der Waals surface area contributed by atoms with Gasteiger partial charge in [-0.15, -0.1) is 16.8 Å². The van der Waals surface area contributed by atoms with Gasteiger partial charge in [0.1, 0.15) is 5.76 Å². The Labute approximate surface area is 154 Å². The van der Waals surface area contributed by atoms with Crippen LogP contribution in [0.4, 0.5) is 5.69 Å². The summed E-state index contributed by atoms with van der Waals surface area (Å²) in [5, 5.41) is 20.3. The van der Waals surface area contributed by atoms with E-state index in [1.807, 2.05) is 30.5 Å². The largest absolute Gasteiger partial charge is 0.469 e. The number of thioether (sulfide) groups is 1. The monoisotopic (exact) mass is 370 g/mol. The molecule has 8 heteroatoms. The van der Waals surface area contributed by atoms with Crippen molar-refractivity contribution in [2.24, 2.45) is 0 Å². The van der Waals surface area contributed by atoms with E-state index in [0.717, 1.165) is 22.0 Å². The van der Waals surface area contributed by atoms with E-state index in [-0.39, 0.29) is 15.9 Å². The number of non-ortho nitro benzene ring substituents is 1. The van der Waals surface area contributed by atoms with Crippen molar-refractivity contribution in [2.45, 2.75) is 30.8 Å². The highest BCUT2D eigenvalue weighted by Crippen LogP contribution is 2.36. The minimum absolute atomic E-state index is 0.0269. The second-order valence-electron chi connectivity index (χ2n) is 5.71. The van der Waals surface area contributed by atoms with Gasteiger partial charge in [0.2, 0.25) is 0 Å². The molecule has 1 atom stereocenters. The number of nitro benzene ring substituents is 1. The maximum absolute atomic E-state index is 11.0. The van der Waals surface area contributed by atoms with E-state index in [1.54, 1.807) is 24.5 Å². The Morgan fingerprint density at radius 1 is 1.42 bits per heavy atom. The quantitative estimate of drug-likeness (QED) is 0.257. The van der Waals surface area contributed by atoms with E-state index in [1.165, 1.54) is 17.8 Å². The molecule has 3 rings (SSSR count). The molecule has 3 aromatic rings. The van der Waals surface area contributed by atoms with Gasteiger partial charge in [0, 0.05) is 23.9 Å². The molecule has 0 amide bonds. The Morgan fingerprint density at radius 3 is 2.88 bits per heavy atom. The summed E-state index contributed by atoms with van der Waals surface area (Å²) in [5.74, 6) is 1.48. The van der Waals surface area contributed by atoms with E-state index in [2.05, 4.69) is 16.8 Å². The van der Waals surface area contributed by atoms with Crippen molar-refractivity contribution in [1.29, 1.82) is 0 Å². The Kier molecular flexibility index (Phi) is 5.22. The summed E-state index contributed by atoms with van der Waals surface area (Å²) >= 11 is 1.50. The molecule has 0 aliphatic heterocycles. The predicted octanol–water partition coefficient (Wildman–Crippen LogP) is 4.79. The molecule has 0 spiro atoms. The van der Waals surface area contributed by atoms with Gasteiger partial charge in [0.15, 0.2) is 11.0 Å². The van der Waals surface area contributed by atoms with Crippen molar-refractivity contribution in [3.8, 4) is 11.4 Å². The van der Waals surface area contributed by atoms with Gasteiger partial charge in [-0.25, -0.2) is 0 Å². The molecule has 0 saturated heterocycles. The van der Waals surface area contributed by atoms with Gasteiger partial charge in [-0.1, -0.05) is 30.0 Å². The SMILES string of the molecule is C=CCn1c(S[C@@H](C)c2cccc([N+](=O)[O-])c2)nnc1-c1ccoc1C. The number of hydrogen-bond acceptors (Lipinski definition) is 6. The molecule has 0 aliphatic rings. The summed E-state index contributed by atoms with van der Waals surface area (Å²) in [6.45, 7) is 8.22. The fourth-order valence-electron chi connectivity index (χ4n) is 2.60. The Hall–Kier alpha value is -2.87. The van der Waals surface area contributed by atoms with Crippen LogP contribution in [0.1, 0.15) is 23.5 Å². The lowest BCUT2D eigenvalue weighted by Gasteiger charge is -2.12. The van der Waals surface area contributed by atoms with Crippen molar-refractivity contribution in [2.75, 3.05) is 0 Å². The van der Waals surface area contributed by atoms with Crippen molar-refractivity contribution in [1.82, 2.24) is 14.8 Å². The molecule has 1 aromatic carbocycles. The Bertz CT molecular complexity index is 948. The van der Waals surface area contributed by atoms with Crippen LogP contribution in [0.15, 0.2) is 58.8 Å².